The van der Waals surface area contributed by atoms with Gasteiger partial charge in [0.1, 0.15) is 0 Å². The molecule has 0 fully saturated rings. The second kappa shape index (κ2) is 5.38. The van der Waals surface area contributed by atoms with Crippen LogP contribution >= 0.6 is 0 Å². The fraction of sp³-hybridized carbons (Fsp3) is 0. The van der Waals surface area contributed by atoms with Gasteiger partial charge in [-0.25, -0.2) is 0 Å². The molecule has 3 aromatic rings. The number of nitriles is 1. The summed E-state index contributed by atoms with van der Waals surface area (Å²) in [6.45, 7) is 0. The van der Waals surface area contributed by atoms with E-state index in [0.29, 0.717) is 5.56 Å². The van der Waals surface area contributed by atoms with E-state index in [0.717, 1.165) is 22.4 Å². The Morgan fingerprint density at radius 2 is 1.50 bits per heavy atom. The van der Waals surface area contributed by atoms with E-state index in [4.69, 9.17) is 5.26 Å². The minimum Gasteiger partial charge on any atom is -0.256 e. The standard InChI is InChI=1S/C18H12N2/c19-12-15-8-4-5-9-17(15)16-10-11-18(20-13-16)14-6-2-1-3-7-14/h1-11,13H. The van der Waals surface area contributed by atoms with Crippen molar-refractivity contribution in [2.24, 2.45) is 0 Å². The first kappa shape index (κ1) is 12.1. The molecule has 0 spiro atoms. The maximum atomic E-state index is 9.14. The third kappa shape index (κ3) is 2.30. The van der Waals surface area contributed by atoms with Crippen molar-refractivity contribution in [2.45, 2.75) is 0 Å². The molecule has 0 radical (unpaired) electrons. The predicted octanol–water partition coefficient (Wildman–Crippen LogP) is 4.29. The summed E-state index contributed by atoms with van der Waals surface area (Å²) >= 11 is 0. The molecule has 0 N–H and O–H groups in total. The maximum absolute atomic E-state index is 9.14. The normalized spacial score (nSPS) is 9.95. The lowest BCUT2D eigenvalue weighted by Gasteiger charge is -2.05. The Kier molecular flexibility index (Phi) is 3.26. The molecule has 2 nitrogen and oxygen atoms in total. The summed E-state index contributed by atoms with van der Waals surface area (Å²) in [5, 5.41) is 9.14. The fourth-order valence-corrected chi connectivity index (χ4v) is 2.17. The number of nitrogens with zero attached hydrogens (tertiary/aromatic N) is 2. The van der Waals surface area contributed by atoms with Crippen molar-refractivity contribution in [3.8, 4) is 28.5 Å². The van der Waals surface area contributed by atoms with Crippen molar-refractivity contribution < 1.29 is 0 Å². The number of benzene rings is 2. The van der Waals surface area contributed by atoms with Gasteiger partial charge in [-0.2, -0.15) is 5.26 Å². The summed E-state index contributed by atoms with van der Waals surface area (Å²) in [5.74, 6) is 0. The van der Waals surface area contributed by atoms with E-state index >= 15 is 0 Å². The average molecular weight is 256 g/mol. The van der Waals surface area contributed by atoms with E-state index in [-0.39, 0.29) is 0 Å². The van der Waals surface area contributed by atoms with Crippen LogP contribution in [0.3, 0.4) is 0 Å². The quantitative estimate of drug-likeness (QED) is 0.686. The number of hydrogen-bond donors (Lipinski definition) is 0. The van der Waals surface area contributed by atoms with Crippen LogP contribution in [0, 0.1) is 11.3 Å². The summed E-state index contributed by atoms with van der Waals surface area (Å²) in [7, 11) is 0. The van der Waals surface area contributed by atoms with Crippen molar-refractivity contribution in [3.05, 3.63) is 78.5 Å². The van der Waals surface area contributed by atoms with Crippen molar-refractivity contribution in [2.75, 3.05) is 0 Å². The van der Waals surface area contributed by atoms with Gasteiger partial charge < -0.3 is 0 Å². The van der Waals surface area contributed by atoms with Crippen LogP contribution < -0.4 is 0 Å². The topological polar surface area (TPSA) is 36.7 Å². The second-order valence-corrected chi connectivity index (χ2v) is 4.46. The van der Waals surface area contributed by atoms with Crippen molar-refractivity contribution in [1.29, 1.82) is 5.26 Å². The SMILES string of the molecule is N#Cc1ccccc1-c1ccc(-c2ccccc2)nc1. The van der Waals surface area contributed by atoms with E-state index in [2.05, 4.69) is 11.1 Å². The second-order valence-electron chi connectivity index (χ2n) is 4.46. The Morgan fingerprint density at radius 3 is 2.20 bits per heavy atom. The fourth-order valence-electron chi connectivity index (χ4n) is 2.17. The van der Waals surface area contributed by atoms with Crippen molar-refractivity contribution in [3.63, 3.8) is 0 Å². The van der Waals surface area contributed by atoms with E-state index < -0.39 is 0 Å². The van der Waals surface area contributed by atoms with Crippen LogP contribution in [-0.2, 0) is 0 Å². The van der Waals surface area contributed by atoms with Gasteiger partial charge in [0.15, 0.2) is 0 Å². The molecule has 1 aromatic heterocycles. The minimum absolute atomic E-state index is 0.668. The number of aromatic nitrogens is 1. The summed E-state index contributed by atoms with van der Waals surface area (Å²) in [4.78, 5) is 4.49. The zero-order valence-corrected chi connectivity index (χ0v) is 10.8. The Bertz CT molecular complexity index is 753. The van der Waals surface area contributed by atoms with Gasteiger partial charge in [0.05, 0.1) is 17.3 Å². The molecular formula is C18H12N2. The summed E-state index contributed by atoms with van der Waals surface area (Å²) < 4.78 is 0. The third-order valence-corrected chi connectivity index (χ3v) is 3.19. The van der Waals surface area contributed by atoms with Gasteiger partial charge in [-0.15, -0.1) is 0 Å². The van der Waals surface area contributed by atoms with Gasteiger partial charge in [-0.05, 0) is 12.1 Å². The van der Waals surface area contributed by atoms with Crippen LogP contribution in [0.15, 0.2) is 72.9 Å². The zero-order valence-electron chi connectivity index (χ0n) is 10.8. The van der Waals surface area contributed by atoms with E-state index in [9.17, 15) is 0 Å². The summed E-state index contributed by atoms with van der Waals surface area (Å²) in [6.07, 6.45) is 1.82. The molecule has 0 atom stereocenters. The molecule has 0 unspecified atom stereocenters. The number of rotatable bonds is 2. The first-order valence-corrected chi connectivity index (χ1v) is 6.39. The first-order chi connectivity index (χ1) is 9.88. The highest BCUT2D eigenvalue weighted by molar-refractivity contribution is 5.71. The van der Waals surface area contributed by atoms with Gasteiger partial charge in [0.25, 0.3) is 0 Å². The number of pyridine rings is 1. The van der Waals surface area contributed by atoms with Crippen LogP contribution in [0.1, 0.15) is 5.56 Å². The minimum atomic E-state index is 0.668. The highest BCUT2D eigenvalue weighted by atomic mass is 14.7. The van der Waals surface area contributed by atoms with E-state index in [1.807, 2.05) is 72.9 Å². The maximum Gasteiger partial charge on any atom is 0.0998 e. The lowest BCUT2D eigenvalue weighted by Crippen LogP contribution is -1.87. The Balaban J connectivity index is 2.00. The molecular weight excluding hydrogens is 244 g/mol. The molecule has 2 aromatic carbocycles. The van der Waals surface area contributed by atoms with Crippen LogP contribution in [0.5, 0.6) is 0 Å². The van der Waals surface area contributed by atoms with Crippen molar-refractivity contribution >= 4 is 0 Å². The lowest BCUT2D eigenvalue weighted by atomic mass is 10.0. The van der Waals surface area contributed by atoms with Crippen molar-refractivity contribution in [1.82, 2.24) is 4.98 Å². The highest BCUT2D eigenvalue weighted by Crippen LogP contribution is 2.24. The van der Waals surface area contributed by atoms with E-state index in [1.165, 1.54) is 0 Å². The molecule has 0 aliphatic carbocycles. The molecule has 3 rings (SSSR count). The Hall–Kier alpha value is -2.92. The third-order valence-electron chi connectivity index (χ3n) is 3.19. The molecule has 0 saturated carbocycles. The van der Waals surface area contributed by atoms with Crippen LogP contribution in [0.4, 0.5) is 0 Å². The summed E-state index contributed by atoms with van der Waals surface area (Å²) in [5.41, 5.74) is 4.57. The molecule has 0 bridgehead atoms. The zero-order chi connectivity index (χ0) is 13.8. The first-order valence-electron chi connectivity index (χ1n) is 6.39. The lowest BCUT2D eigenvalue weighted by molar-refractivity contribution is 1.32. The monoisotopic (exact) mass is 256 g/mol. The molecule has 20 heavy (non-hydrogen) atoms. The van der Waals surface area contributed by atoms with Gasteiger partial charge in [0.2, 0.25) is 0 Å². The Labute approximate surface area is 118 Å². The van der Waals surface area contributed by atoms with Gasteiger partial charge in [0, 0.05) is 22.9 Å². The molecule has 2 heteroatoms. The molecule has 0 aliphatic heterocycles. The molecule has 0 aliphatic rings. The summed E-state index contributed by atoms with van der Waals surface area (Å²) in [6, 6.07) is 23.8. The largest absolute Gasteiger partial charge is 0.256 e. The molecule has 94 valence electrons. The van der Waals surface area contributed by atoms with Crippen LogP contribution in [0.2, 0.25) is 0 Å². The average Bonchev–Trinajstić information content (AvgIpc) is 2.56. The van der Waals surface area contributed by atoms with Crippen LogP contribution in [-0.4, -0.2) is 4.98 Å². The van der Waals surface area contributed by atoms with Gasteiger partial charge >= 0.3 is 0 Å². The molecule has 1 heterocycles. The molecule has 0 saturated heterocycles. The van der Waals surface area contributed by atoms with E-state index in [1.54, 1.807) is 0 Å². The van der Waals surface area contributed by atoms with Gasteiger partial charge in [-0.1, -0.05) is 54.6 Å². The van der Waals surface area contributed by atoms with Gasteiger partial charge in [-0.3, -0.25) is 4.98 Å². The van der Waals surface area contributed by atoms with Crippen LogP contribution in [0.25, 0.3) is 22.4 Å². The Morgan fingerprint density at radius 1 is 0.750 bits per heavy atom. The highest BCUT2D eigenvalue weighted by Gasteiger charge is 2.05. The molecule has 0 amide bonds. The number of hydrogen-bond acceptors (Lipinski definition) is 2. The smallest absolute Gasteiger partial charge is 0.0998 e. The predicted molar refractivity (Wildman–Crippen MR) is 79.8 cm³/mol.